The van der Waals surface area contributed by atoms with E-state index in [-0.39, 0.29) is 5.56 Å². The Morgan fingerprint density at radius 3 is 2.11 bits per heavy atom. The van der Waals surface area contributed by atoms with Crippen LogP contribution in [-0.2, 0) is 9.53 Å². The Labute approximate surface area is 162 Å². The zero-order valence-electron chi connectivity index (χ0n) is 15.9. The minimum absolute atomic E-state index is 0.142. The van der Waals surface area contributed by atoms with Crippen molar-refractivity contribution < 1.29 is 28.6 Å². The van der Waals surface area contributed by atoms with Gasteiger partial charge in [0.2, 0.25) is 6.10 Å². The Hall–Kier alpha value is -3.55. The van der Waals surface area contributed by atoms with E-state index in [2.05, 4.69) is 10.6 Å². The first-order valence-corrected chi connectivity index (χ1v) is 8.56. The van der Waals surface area contributed by atoms with Crippen molar-refractivity contribution in [3.8, 4) is 11.5 Å². The predicted molar refractivity (Wildman–Crippen MR) is 101 cm³/mol. The topological polar surface area (TPSA) is 103 Å². The van der Waals surface area contributed by atoms with Crippen LogP contribution in [0, 0.1) is 0 Å². The van der Waals surface area contributed by atoms with Crippen LogP contribution in [0.15, 0.2) is 48.5 Å². The second kappa shape index (κ2) is 9.96. The fourth-order valence-corrected chi connectivity index (χ4v) is 2.38. The molecule has 2 N–H and O–H groups in total. The fraction of sp³-hybridized carbons (Fsp3) is 0.250. The van der Waals surface area contributed by atoms with Crippen molar-refractivity contribution in [2.75, 3.05) is 20.8 Å². The van der Waals surface area contributed by atoms with Gasteiger partial charge in [-0.1, -0.05) is 30.3 Å². The van der Waals surface area contributed by atoms with E-state index in [1.54, 1.807) is 43.3 Å². The molecule has 0 fully saturated rings. The highest BCUT2D eigenvalue weighted by atomic mass is 16.5. The summed E-state index contributed by atoms with van der Waals surface area (Å²) >= 11 is 0. The maximum atomic E-state index is 12.7. The quantitative estimate of drug-likeness (QED) is 0.709. The molecule has 0 bridgehead atoms. The third-order valence-corrected chi connectivity index (χ3v) is 3.73. The smallest absolute Gasteiger partial charge is 0.339 e. The third-order valence-electron chi connectivity index (χ3n) is 3.73. The molecule has 2 aromatic carbocycles. The lowest BCUT2D eigenvalue weighted by Gasteiger charge is -2.18. The highest BCUT2D eigenvalue weighted by Gasteiger charge is 2.27. The van der Waals surface area contributed by atoms with E-state index in [9.17, 15) is 14.4 Å². The zero-order valence-corrected chi connectivity index (χ0v) is 15.9. The Balaban J connectivity index is 2.28. The molecule has 148 valence electrons. The Morgan fingerprint density at radius 2 is 1.57 bits per heavy atom. The molecule has 0 aliphatic heterocycles. The Bertz CT molecular complexity index is 816. The number of carbonyl (C=O) groups excluding carboxylic acids is 3. The van der Waals surface area contributed by atoms with Gasteiger partial charge in [0.1, 0.15) is 11.5 Å². The van der Waals surface area contributed by atoms with Gasteiger partial charge in [-0.15, -0.1) is 0 Å². The minimum atomic E-state index is -1.31. The summed E-state index contributed by atoms with van der Waals surface area (Å²) in [5.74, 6) is -0.735. The van der Waals surface area contributed by atoms with E-state index in [1.807, 2.05) is 0 Å². The van der Waals surface area contributed by atoms with Crippen LogP contribution in [0.4, 0.5) is 4.79 Å². The molecular weight excluding hydrogens is 364 g/mol. The number of amides is 3. The van der Waals surface area contributed by atoms with E-state index >= 15 is 0 Å². The van der Waals surface area contributed by atoms with Crippen LogP contribution < -0.4 is 20.1 Å². The van der Waals surface area contributed by atoms with Crippen molar-refractivity contribution >= 4 is 17.9 Å². The fourth-order valence-electron chi connectivity index (χ4n) is 2.38. The molecule has 0 saturated carbocycles. The van der Waals surface area contributed by atoms with E-state index in [1.165, 1.54) is 26.4 Å². The number of ether oxygens (including phenoxy) is 3. The summed E-state index contributed by atoms with van der Waals surface area (Å²) in [6, 6.07) is 12.3. The minimum Gasteiger partial charge on any atom is -0.497 e. The number of hydrogen-bond acceptors (Lipinski definition) is 6. The van der Waals surface area contributed by atoms with E-state index < -0.39 is 24.0 Å². The number of esters is 1. The van der Waals surface area contributed by atoms with Crippen molar-refractivity contribution in [2.24, 2.45) is 0 Å². The first-order chi connectivity index (χ1) is 13.5. The molecule has 2 rings (SSSR count). The molecule has 0 radical (unpaired) electrons. The number of methoxy groups -OCH3 is 2. The van der Waals surface area contributed by atoms with Gasteiger partial charge >= 0.3 is 12.0 Å². The van der Waals surface area contributed by atoms with Crippen LogP contribution >= 0.6 is 0 Å². The SMILES string of the molecule is CCNC(=O)NC(=O)[C@@H](OC(=O)c1cc(OC)cc(OC)c1)c1ccccc1. The van der Waals surface area contributed by atoms with Gasteiger partial charge in [-0.05, 0) is 19.1 Å². The van der Waals surface area contributed by atoms with Gasteiger partial charge < -0.3 is 19.5 Å². The molecule has 0 aliphatic rings. The van der Waals surface area contributed by atoms with Crippen molar-refractivity contribution in [1.29, 1.82) is 0 Å². The van der Waals surface area contributed by atoms with E-state index in [0.29, 0.717) is 23.6 Å². The first-order valence-electron chi connectivity index (χ1n) is 8.56. The molecular formula is C20H22N2O6. The van der Waals surface area contributed by atoms with Gasteiger partial charge in [-0.3, -0.25) is 10.1 Å². The second-order valence-electron chi connectivity index (χ2n) is 5.65. The molecule has 2 aromatic rings. The van der Waals surface area contributed by atoms with Crippen LogP contribution in [0.25, 0.3) is 0 Å². The summed E-state index contributed by atoms with van der Waals surface area (Å²) in [6.45, 7) is 2.06. The number of carbonyl (C=O) groups is 3. The van der Waals surface area contributed by atoms with Crippen molar-refractivity contribution in [1.82, 2.24) is 10.6 Å². The van der Waals surface area contributed by atoms with E-state index in [0.717, 1.165) is 0 Å². The van der Waals surface area contributed by atoms with Gasteiger partial charge in [0.05, 0.1) is 19.8 Å². The molecule has 0 heterocycles. The van der Waals surface area contributed by atoms with Crippen molar-refractivity contribution in [3.63, 3.8) is 0 Å². The number of rotatable bonds is 7. The van der Waals surface area contributed by atoms with Gasteiger partial charge in [-0.2, -0.15) is 0 Å². The number of nitrogens with one attached hydrogen (secondary N) is 2. The van der Waals surface area contributed by atoms with Gasteiger partial charge in [0.15, 0.2) is 0 Å². The van der Waals surface area contributed by atoms with Gasteiger partial charge in [0, 0.05) is 18.2 Å². The van der Waals surface area contributed by atoms with Crippen LogP contribution in [-0.4, -0.2) is 38.7 Å². The number of imide groups is 1. The van der Waals surface area contributed by atoms with Crippen LogP contribution in [0.2, 0.25) is 0 Å². The lowest BCUT2D eigenvalue weighted by atomic mass is 10.1. The number of urea groups is 1. The number of benzene rings is 2. The normalized spacial score (nSPS) is 11.1. The summed E-state index contributed by atoms with van der Waals surface area (Å²) in [7, 11) is 2.91. The summed E-state index contributed by atoms with van der Waals surface area (Å²) in [4.78, 5) is 36.9. The average molecular weight is 386 g/mol. The maximum Gasteiger partial charge on any atom is 0.339 e. The molecule has 0 saturated heterocycles. The largest absolute Gasteiger partial charge is 0.497 e. The third kappa shape index (κ3) is 5.47. The summed E-state index contributed by atoms with van der Waals surface area (Å²) in [6.07, 6.45) is -1.31. The van der Waals surface area contributed by atoms with Crippen LogP contribution in [0.5, 0.6) is 11.5 Å². The molecule has 1 atom stereocenters. The molecule has 28 heavy (non-hydrogen) atoms. The average Bonchev–Trinajstić information content (AvgIpc) is 2.71. The lowest BCUT2D eigenvalue weighted by Crippen LogP contribution is -2.42. The molecule has 8 nitrogen and oxygen atoms in total. The van der Waals surface area contributed by atoms with Crippen molar-refractivity contribution in [2.45, 2.75) is 13.0 Å². The van der Waals surface area contributed by atoms with Gasteiger partial charge in [-0.25, -0.2) is 9.59 Å². The summed E-state index contributed by atoms with van der Waals surface area (Å²) < 4.78 is 15.7. The van der Waals surface area contributed by atoms with Crippen LogP contribution in [0.1, 0.15) is 28.9 Å². The standard InChI is InChI=1S/C20H22N2O6/c1-4-21-20(25)22-18(23)17(13-8-6-5-7-9-13)28-19(24)14-10-15(26-2)12-16(11-14)27-3/h5-12,17H,4H2,1-3H3,(H2,21,22,23,25)/t17-/m0/s1. The molecule has 0 unspecified atom stereocenters. The molecule has 0 aromatic heterocycles. The predicted octanol–water partition coefficient (Wildman–Crippen LogP) is 2.45. The lowest BCUT2D eigenvalue weighted by molar-refractivity contribution is -0.129. The summed E-state index contributed by atoms with van der Waals surface area (Å²) in [5, 5.41) is 4.62. The monoisotopic (exact) mass is 386 g/mol. The highest BCUT2D eigenvalue weighted by Crippen LogP contribution is 2.25. The molecule has 0 aliphatic carbocycles. The second-order valence-corrected chi connectivity index (χ2v) is 5.65. The molecule has 0 spiro atoms. The Morgan fingerprint density at radius 1 is 0.964 bits per heavy atom. The summed E-state index contributed by atoms with van der Waals surface area (Å²) in [5.41, 5.74) is 0.565. The van der Waals surface area contributed by atoms with E-state index in [4.69, 9.17) is 14.2 Å². The highest BCUT2D eigenvalue weighted by molar-refractivity contribution is 5.99. The molecule has 8 heteroatoms. The zero-order chi connectivity index (χ0) is 20.5. The van der Waals surface area contributed by atoms with Crippen molar-refractivity contribution in [3.05, 3.63) is 59.7 Å². The Kier molecular flexibility index (Phi) is 7.38. The van der Waals surface area contributed by atoms with Crippen LogP contribution in [0.3, 0.4) is 0 Å². The number of hydrogen-bond donors (Lipinski definition) is 2. The maximum absolute atomic E-state index is 12.7. The van der Waals surface area contributed by atoms with Gasteiger partial charge in [0.25, 0.3) is 5.91 Å². The first kappa shape index (κ1) is 20.8. The molecule has 3 amide bonds.